The molecule has 16 heavy (non-hydrogen) atoms. The Kier molecular flexibility index (Phi) is 4.59. The maximum Gasteiger partial charge on any atom is 0.325 e. The Morgan fingerprint density at radius 3 is 2.25 bits per heavy atom. The molecule has 3 nitrogen and oxygen atoms in total. The lowest BCUT2D eigenvalue weighted by molar-refractivity contribution is -0.135. The van der Waals surface area contributed by atoms with Gasteiger partial charge >= 0.3 is 5.97 Å². The molecule has 88 valence electrons. The number of nitrogens with zero attached hydrogens (tertiary/aromatic N) is 1. The van der Waals surface area contributed by atoms with Crippen LogP contribution in [0.4, 0.5) is 0 Å². The molecule has 1 aromatic rings. The van der Waals surface area contributed by atoms with Crippen LogP contribution in [-0.2, 0) is 4.79 Å². The van der Waals surface area contributed by atoms with Crippen LogP contribution in [-0.4, -0.2) is 31.5 Å². The van der Waals surface area contributed by atoms with E-state index in [2.05, 4.69) is 0 Å². The molecule has 0 aliphatic carbocycles. The lowest BCUT2D eigenvalue weighted by atomic mass is 10.2. The zero-order chi connectivity index (χ0) is 12.3. The smallest absolute Gasteiger partial charge is 0.325 e. The third-order valence-electron chi connectivity index (χ3n) is 1.93. The Balaban J connectivity index is 2.79. The minimum absolute atomic E-state index is 0.211. The van der Waals surface area contributed by atoms with Gasteiger partial charge in [-0.15, -0.1) is 0 Å². The van der Waals surface area contributed by atoms with E-state index in [0.29, 0.717) is 15.8 Å². The summed E-state index contributed by atoms with van der Waals surface area (Å²) in [6.45, 7) is 2.01. The molecule has 0 fully saturated rings. The van der Waals surface area contributed by atoms with Crippen molar-refractivity contribution in [1.82, 2.24) is 4.90 Å². The van der Waals surface area contributed by atoms with Crippen molar-refractivity contribution in [2.45, 2.75) is 6.92 Å². The van der Waals surface area contributed by atoms with Gasteiger partial charge in [-0.05, 0) is 38.7 Å². The van der Waals surface area contributed by atoms with Crippen molar-refractivity contribution in [3.05, 3.63) is 27.7 Å². The normalized spacial score (nSPS) is 10.6. The first-order valence-electron chi connectivity index (χ1n) is 4.71. The SMILES string of the molecule is Cc1c(Cl)cc(OC(=O)CN(C)C)cc1Cl. The second kappa shape index (κ2) is 5.53. The van der Waals surface area contributed by atoms with E-state index in [-0.39, 0.29) is 12.5 Å². The van der Waals surface area contributed by atoms with Crippen molar-refractivity contribution >= 4 is 29.2 Å². The zero-order valence-corrected chi connectivity index (χ0v) is 10.9. The Morgan fingerprint density at radius 1 is 1.31 bits per heavy atom. The molecule has 1 rings (SSSR count). The number of esters is 1. The lowest BCUT2D eigenvalue weighted by Gasteiger charge is -2.10. The largest absolute Gasteiger partial charge is 0.425 e. The summed E-state index contributed by atoms with van der Waals surface area (Å²) in [5.41, 5.74) is 0.774. The fourth-order valence-corrected chi connectivity index (χ4v) is 1.57. The quantitative estimate of drug-likeness (QED) is 0.619. The minimum Gasteiger partial charge on any atom is -0.425 e. The van der Waals surface area contributed by atoms with E-state index in [1.165, 1.54) is 0 Å². The Morgan fingerprint density at radius 2 is 1.81 bits per heavy atom. The molecule has 1 aromatic carbocycles. The second-order valence-corrected chi connectivity index (χ2v) is 4.54. The summed E-state index contributed by atoms with van der Waals surface area (Å²) >= 11 is 11.8. The second-order valence-electron chi connectivity index (χ2n) is 3.72. The molecule has 0 spiro atoms. The fraction of sp³-hybridized carbons (Fsp3) is 0.364. The van der Waals surface area contributed by atoms with E-state index in [4.69, 9.17) is 27.9 Å². The van der Waals surface area contributed by atoms with E-state index < -0.39 is 0 Å². The number of likely N-dealkylation sites (N-methyl/N-ethyl adjacent to an activating group) is 1. The number of carbonyl (C=O) groups excluding carboxylic acids is 1. The van der Waals surface area contributed by atoms with Gasteiger partial charge in [0.15, 0.2) is 0 Å². The van der Waals surface area contributed by atoms with Crippen molar-refractivity contribution in [3.8, 4) is 5.75 Å². The van der Waals surface area contributed by atoms with Gasteiger partial charge in [0, 0.05) is 10.0 Å². The summed E-state index contributed by atoms with van der Waals surface area (Å²) in [6.07, 6.45) is 0. The molecule has 0 N–H and O–H groups in total. The monoisotopic (exact) mass is 261 g/mol. The highest BCUT2D eigenvalue weighted by Crippen LogP contribution is 2.29. The van der Waals surface area contributed by atoms with Crippen molar-refractivity contribution in [2.75, 3.05) is 20.6 Å². The van der Waals surface area contributed by atoms with Crippen LogP contribution in [0.25, 0.3) is 0 Å². The van der Waals surface area contributed by atoms with Crippen molar-refractivity contribution in [2.24, 2.45) is 0 Å². The molecule has 0 aromatic heterocycles. The Bertz CT molecular complexity index is 382. The van der Waals surface area contributed by atoms with E-state index >= 15 is 0 Å². The third-order valence-corrected chi connectivity index (χ3v) is 2.72. The van der Waals surface area contributed by atoms with Gasteiger partial charge in [0.25, 0.3) is 0 Å². The molecule has 0 aliphatic heterocycles. The summed E-state index contributed by atoms with van der Waals surface area (Å²) < 4.78 is 5.09. The van der Waals surface area contributed by atoms with Crippen LogP contribution in [0.1, 0.15) is 5.56 Å². The Labute approximate surface area is 105 Å². The summed E-state index contributed by atoms with van der Waals surface area (Å²) in [6, 6.07) is 3.16. The number of ether oxygens (including phenoxy) is 1. The highest BCUT2D eigenvalue weighted by Gasteiger charge is 2.09. The summed E-state index contributed by atoms with van der Waals surface area (Å²) in [5, 5.41) is 0.973. The predicted molar refractivity (Wildman–Crippen MR) is 65.4 cm³/mol. The van der Waals surface area contributed by atoms with Crippen LogP contribution >= 0.6 is 23.2 Å². The maximum absolute atomic E-state index is 11.4. The van der Waals surface area contributed by atoms with Crippen LogP contribution in [0.5, 0.6) is 5.75 Å². The molecule has 0 atom stereocenters. The first-order chi connectivity index (χ1) is 7.40. The van der Waals surface area contributed by atoms with Gasteiger partial charge in [0.05, 0.1) is 6.54 Å². The van der Waals surface area contributed by atoms with Gasteiger partial charge < -0.3 is 4.74 Å². The first-order valence-corrected chi connectivity index (χ1v) is 5.47. The lowest BCUT2D eigenvalue weighted by Crippen LogP contribution is -2.25. The van der Waals surface area contributed by atoms with Crippen LogP contribution in [0.15, 0.2) is 12.1 Å². The number of rotatable bonds is 3. The van der Waals surface area contributed by atoms with Gasteiger partial charge in [-0.25, -0.2) is 0 Å². The van der Waals surface area contributed by atoms with Gasteiger partial charge in [-0.1, -0.05) is 23.2 Å². The molecule has 0 aliphatic rings. The highest BCUT2D eigenvalue weighted by atomic mass is 35.5. The van der Waals surface area contributed by atoms with Gasteiger partial charge in [-0.3, -0.25) is 9.69 Å². The standard InChI is InChI=1S/C11H13Cl2NO2/c1-7-9(12)4-8(5-10(7)13)16-11(15)6-14(2)3/h4-5H,6H2,1-3H3. The van der Waals surface area contributed by atoms with Crippen LogP contribution in [0.2, 0.25) is 10.0 Å². The zero-order valence-electron chi connectivity index (χ0n) is 9.38. The number of carbonyl (C=O) groups is 1. The summed E-state index contributed by atoms with van der Waals surface area (Å²) in [5.74, 6) is 0.0217. The molecular formula is C11H13Cl2NO2. The predicted octanol–water partition coefficient (Wildman–Crippen LogP) is 2.77. The van der Waals surface area contributed by atoms with Gasteiger partial charge in [0.1, 0.15) is 5.75 Å². The van der Waals surface area contributed by atoms with E-state index in [0.717, 1.165) is 5.56 Å². The number of halogens is 2. The van der Waals surface area contributed by atoms with Crippen LogP contribution in [0.3, 0.4) is 0 Å². The molecule has 5 heteroatoms. The molecule has 0 bridgehead atoms. The first kappa shape index (κ1) is 13.3. The molecule has 0 amide bonds. The Hall–Kier alpha value is -0.770. The van der Waals surface area contributed by atoms with Crippen LogP contribution in [0, 0.1) is 6.92 Å². The van der Waals surface area contributed by atoms with Crippen molar-refractivity contribution in [3.63, 3.8) is 0 Å². The van der Waals surface area contributed by atoms with E-state index in [1.807, 2.05) is 0 Å². The minimum atomic E-state index is -0.346. The fourth-order valence-electron chi connectivity index (χ4n) is 1.10. The van der Waals surface area contributed by atoms with E-state index in [1.54, 1.807) is 38.1 Å². The maximum atomic E-state index is 11.4. The molecule has 0 saturated carbocycles. The van der Waals surface area contributed by atoms with Crippen molar-refractivity contribution < 1.29 is 9.53 Å². The average molecular weight is 262 g/mol. The molecule has 0 saturated heterocycles. The number of hydrogen-bond donors (Lipinski definition) is 0. The molecular weight excluding hydrogens is 249 g/mol. The van der Waals surface area contributed by atoms with E-state index in [9.17, 15) is 4.79 Å². The number of benzene rings is 1. The van der Waals surface area contributed by atoms with Gasteiger partial charge in [-0.2, -0.15) is 0 Å². The van der Waals surface area contributed by atoms with Crippen molar-refractivity contribution in [1.29, 1.82) is 0 Å². The molecule has 0 heterocycles. The van der Waals surface area contributed by atoms with Gasteiger partial charge in [0.2, 0.25) is 0 Å². The highest BCUT2D eigenvalue weighted by molar-refractivity contribution is 6.36. The topological polar surface area (TPSA) is 29.5 Å². The molecule has 0 unspecified atom stereocenters. The third kappa shape index (κ3) is 3.67. The summed E-state index contributed by atoms with van der Waals surface area (Å²) in [4.78, 5) is 13.1. The molecule has 0 radical (unpaired) electrons. The average Bonchev–Trinajstić information content (AvgIpc) is 2.12. The van der Waals surface area contributed by atoms with Crippen LogP contribution < -0.4 is 4.74 Å². The number of hydrogen-bond acceptors (Lipinski definition) is 3. The summed E-state index contributed by atoms with van der Waals surface area (Å²) in [7, 11) is 3.58.